The molecule has 1 heterocycles. The van der Waals surface area contributed by atoms with Crippen LogP contribution in [-0.4, -0.2) is 46.9 Å². The van der Waals surface area contributed by atoms with Crippen molar-refractivity contribution < 1.29 is 19.5 Å². The first-order chi connectivity index (χ1) is 15.2. The van der Waals surface area contributed by atoms with Crippen molar-refractivity contribution in [2.75, 3.05) is 13.1 Å². The minimum atomic E-state index is -1.22. The number of carbonyl (C=O) groups is 3. The van der Waals surface area contributed by atoms with Crippen molar-refractivity contribution >= 4 is 41.0 Å². The molecule has 1 saturated heterocycles. The molecule has 170 valence electrons. The molecule has 0 spiro atoms. The molecule has 3 rings (SSSR count). The minimum Gasteiger partial charge on any atom is -0.478 e. The molecular formula is C24H26Cl2N2O4. The van der Waals surface area contributed by atoms with Crippen LogP contribution in [0.1, 0.15) is 58.9 Å². The van der Waals surface area contributed by atoms with Gasteiger partial charge in [-0.1, -0.05) is 49.2 Å². The Hall–Kier alpha value is -2.57. The van der Waals surface area contributed by atoms with Crippen molar-refractivity contribution in [3.05, 3.63) is 69.2 Å². The van der Waals surface area contributed by atoms with Crippen LogP contribution in [0.4, 0.5) is 0 Å². The smallest absolute Gasteiger partial charge is 0.337 e. The number of piperidine rings is 1. The number of aromatic carboxylic acids is 1. The van der Waals surface area contributed by atoms with E-state index in [0.29, 0.717) is 24.0 Å². The zero-order valence-corrected chi connectivity index (χ0v) is 19.5. The highest BCUT2D eigenvalue weighted by Gasteiger charge is 2.32. The van der Waals surface area contributed by atoms with Gasteiger partial charge in [-0.25, -0.2) is 4.79 Å². The van der Waals surface area contributed by atoms with Gasteiger partial charge in [0.25, 0.3) is 5.91 Å². The fraction of sp³-hybridized carbons (Fsp3) is 0.375. The van der Waals surface area contributed by atoms with E-state index in [2.05, 4.69) is 5.32 Å². The lowest BCUT2D eigenvalue weighted by Gasteiger charge is -2.35. The maximum Gasteiger partial charge on any atom is 0.337 e. The number of hydrogen-bond donors (Lipinski definition) is 2. The first-order valence-electron chi connectivity index (χ1n) is 10.5. The van der Waals surface area contributed by atoms with Crippen LogP contribution in [-0.2, 0) is 4.79 Å². The van der Waals surface area contributed by atoms with Gasteiger partial charge in [0, 0.05) is 23.7 Å². The van der Waals surface area contributed by atoms with E-state index < -0.39 is 17.9 Å². The molecule has 0 radical (unpaired) electrons. The maximum atomic E-state index is 13.2. The van der Waals surface area contributed by atoms with E-state index in [1.54, 1.807) is 4.90 Å². The molecule has 2 aromatic carbocycles. The number of hydrogen-bond acceptors (Lipinski definition) is 3. The third-order valence-corrected chi connectivity index (χ3v) is 6.41. The van der Waals surface area contributed by atoms with Gasteiger partial charge in [0.1, 0.15) is 6.04 Å². The molecule has 1 aliphatic rings. The van der Waals surface area contributed by atoms with Crippen molar-refractivity contribution in [3.8, 4) is 0 Å². The van der Waals surface area contributed by atoms with E-state index in [9.17, 15) is 19.5 Å². The topological polar surface area (TPSA) is 86.7 Å². The Balaban J connectivity index is 1.66. The van der Waals surface area contributed by atoms with Gasteiger partial charge in [0.15, 0.2) is 0 Å². The Bertz CT molecular complexity index is 1000. The molecule has 1 fully saturated rings. The Morgan fingerprint density at radius 2 is 1.66 bits per heavy atom. The molecule has 0 unspecified atom stereocenters. The molecule has 2 N–H and O–H groups in total. The molecule has 1 atom stereocenters. The normalized spacial score (nSPS) is 15.5. The number of carboxylic acid groups (broad SMARTS) is 1. The van der Waals surface area contributed by atoms with Gasteiger partial charge in [0.05, 0.1) is 10.6 Å². The lowest BCUT2D eigenvalue weighted by Crippen LogP contribution is -2.52. The van der Waals surface area contributed by atoms with Crippen molar-refractivity contribution in [1.29, 1.82) is 0 Å². The summed E-state index contributed by atoms with van der Waals surface area (Å²) >= 11 is 11.9. The summed E-state index contributed by atoms with van der Waals surface area (Å²) < 4.78 is 0. The van der Waals surface area contributed by atoms with Crippen LogP contribution in [0.3, 0.4) is 0 Å². The highest BCUT2D eigenvalue weighted by molar-refractivity contribution is 6.33. The largest absolute Gasteiger partial charge is 0.478 e. The average Bonchev–Trinajstić information content (AvgIpc) is 2.77. The predicted molar refractivity (Wildman–Crippen MR) is 125 cm³/mol. The summed E-state index contributed by atoms with van der Waals surface area (Å²) in [6.45, 7) is 4.95. The molecule has 2 amide bonds. The fourth-order valence-electron chi connectivity index (χ4n) is 3.93. The summed E-state index contributed by atoms with van der Waals surface area (Å²) in [4.78, 5) is 39.1. The van der Waals surface area contributed by atoms with E-state index in [1.165, 1.54) is 23.8 Å². The molecule has 0 aliphatic carbocycles. The number of carbonyl (C=O) groups excluding carboxylic acids is 2. The number of likely N-dealkylation sites (tertiary alicyclic amines) is 1. The van der Waals surface area contributed by atoms with E-state index in [-0.39, 0.29) is 28.0 Å². The van der Waals surface area contributed by atoms with E-state index in [1.807, 2.05) is 38.1 Å². The second-order valence-corrected chi connectivity index (χ2v) is 9.19. The first-order valence-corrected chi connectivity index (χ1v) is 11.3. The lowest BCUT2D eigenvalue weighted by molar-refractivity contribution is -0.135. The van der Waals surface area contributed by atoms with E-state index in [0.717, 1.165) is 12.8 Å². The zero-order valence-electron chi connectivity index (χ0n) is 18.0. The van der Waals surface area contributed by atoms with Crippen LogP contribution in [0.2, 0.25) is 10.0 Å². The molecule has 0 aromatic heterocycles. The van der Waals surface area contributed by atoms with Gasteiger partial charge in [-0.2, -0.15) is 0 Å². The molecular weight excluding hydrogens is 451 g/mol. The Labute approximate surface area is 197 Å². The number of carboxylic acids is 1. The Kier molecular flexibility index (Phi) is 7.80. The minimum absolute atomic E-state index is 0.0501. The average molecular weight is 477 g/mol. The van der Waals surface area contributed by atoms with Gasteiger partial charge >= 0.3 is 5.97 Å². The van der Waals surface area contributed by atoms with Crippen LogP contribution >= 0.6 is 23.2 Å². The van der Waals surface area contributed by atoms with Crippen LogP contribution in [0.5, 0.6) is 0 Å². The van der Waals surface area contributed by atoms with Gasteiger partial charge in [-0.15, -0.1) is 0 Å². The Morgan fingerprint density at radius 1 is 1.03 bits per heavy atom. The summed E-state index contributed by atoms with van der Waals surface area (Å²) in [7, 11) is 0. The second kappa shape index (κ2) is 10.4. The number of nitrogens with one attached hydrogen (secondary N) is 1. The summed E-state index contributed by atoms with van der Waals surface area (Å²) in [5, 5.41) is 12.8. The van der Waals surface area contributed by atoms with E-state index in [4.69, 9.17) is 23.2 Å². The zero-order chi connectivity index (χ0) is 23.4. The fourth-order valence-corrected chi connectivity index (χ4v) is 4.26. The second-order valence-electron chi connectivity index (χ2n) is 8.35. The first kappa shape index (κ1) is 24.1. The van der Waals surface area contributed by atoms with Crippen molar-refractivity contribution in [1.82, 2.24) is 10.2 Å². The third-order valence-electron chi connectivity index (χ3n) is 5.83. The molecule has 2 aromatic rings. The highest BCUT2D eigenvalue weighted by atomic mass is 35.5. The molecule has 0 saturated carbocycles. The monoisotopic (exact) mass is 476 g/mol. The molecule has 8 heteroatoms. The number of benzene rings is 2. The predicted octanol–water partition coefficient (Wildman–Crippen LogP) is 4.85. The SMILES string of the molecule is CC(C)[C@@H](NC(=O)c1ccc(Cl)c(C(=O)O)c1)C(=O)N1CCC(c2ccc(Cl)cc2)CC1. The van der Waals surface area contributed by atoms with Crippen molar-refractivity contribution in [2.45, 2.75) is 38.6 Å². The van der Waals surface area contributed by atoms with Crippen LogP contribution in [0.15, 0.2) is 42.5 Å². The summed E-state index contributed by atoms with van der Waals surface area (Å²) in [6.07, 6.45) is 1.68. The number of nitrogens with zero attached hydrogens (tertiary/aromatic N) is 1. The van der Waals surface area contributed by atoms with Gasteiger partial charge in [-0.05, 0) is 60.6 Å². The molecule has 0 bridgehead atoms. The maximum absolute atomic E-state index is 13.2. The quantitative estimate of drug-likeness (QED) is 0.623. The molecule has 32 heavy (non-hydrogen) atoms. The number of amides is 2. The Morgan fingerprint density at radius 3 is 2.22 bits per heavy atom. The molecule has 1 aliphatic heterocycles. The third kappa shape index (κ3) is 5.61. The standard InChI is InChI=1S/C24H26Cl2N2O4/c1-14(2)21(27-22(29)17-5-8-20(26)19(13-17)24(31)32)23(30)28-11-9-16(10-12-28)15-3-6-18(25)7-4-15/h3-8,13-14,16,21H,9-12H2,1-2H3,(H,27,29)(H,31,32)/t21-/m1/s1. The van der Waals surface area contributed by atoms with Crippen molar-refractivity contribution in [3.63, 3.8) is 0 Å². The summed E-state index contributed by atoms with van der Waals surface area (Å²) in [6, 6.07) is 11.1. The van der Waals surface area contributed by atoms with Crippen LogP contribution < -0.4 is 5.32 Å². The number of halogens is 2. The molecule has 6 nitrogen and oxygen atoms in total. The van der Waals surface area contributed by atoms with Gasteiger partial charge in [-0.3, -0.25) is 9.59 Å². The van der Waals surface area contributed by atoms with Crippen molar-refractivity contribution in [2.24, 2.45) is 5.92 Å². The highest BCUT2D eigenvalue weighted by Crippen LogP contribution is 2.29. The van der Waals surface area contributed by atoms with E-state index >= 15 is 0 Å². The van der Waals surface area contributed by atoms with Crippen LogP contribution in [0.25, 0.3) is 0 Å². The van der Waals surface area contributed by atoms with Gasteiger partial charge < -0.3 is 15.3 Å². The van der Waals surface area contributed by atoms with Gasteiger partial charge in [0.2, 0.25) is 5.91 Å². The summed E-state index contributed by atoms with van der Waals surface area (Å²) in [5.74, 6) is -1.62. The lowest BCUT2D eigenvalue weighted by atomic mass is 9.89. The number of rotatable bonds is 6. The summed E-state index contributed by atoms with van der Waals surface area (Å²) in [5.41, 5.74) is 1.20. The van der Waals surface area contributed by atoms with Crippen LogP contribution in [0, 0.1) is 5.92 Å².